The second-order valence-corrected chi connectivity index (χ2v) is 4.04. The third-order valence-corrected chi connectivity index (χ3v) is 2.83. The lowest BCUT2D eigenvalue weighted by Crippen LogP contribution is -2.45. The minimum absolute atomic E-state index is 0.476. The highest BCUT2D eigenvalue weighted by Crippen LogP contribution is 2.21. The lowest BCUT2D eigenvalue weighted by Gasteiger charge is -2.32. The Kier molecular flexibility index (Phi) is 3.03. The molecule has 0 bridgehead atoms. The van der Waals surface area contributed by atoms with E-state index in [1.165, 1.54) is 0 Å². The molecular weight excluding hydrogens is 206 g/mol. The average Bonchev–Trinajstić information content (AvgIpc) is 2.29. The number of carbonyl (C=O) groups is 1. The van der Waals surface area contributed by atoms with Crippen LogP contribution in [0.1, 0.15) is 25.0 Å². The van der Waals surface area contributed by atoms with Gasteiger partial charge >= 0.3 is 5.97 Å². The Morgan fingerprint density at radius 2 is 2.38 bits per heavy atom. The van der Waals surface area contributed by atoms with E-state index in [1.54, 1.807) is 11.1 Å². The fourth-order valence-electron chi connectivity index (χ4n) is 2.00. The van der Waals surface area contributed by atoms with Gasteiger partial charge in [-0.2, -0.15) is 0 Å². The van der Waals surface area contributed by atoms with Gasteiger partial charge in [-0.3, -0.25) is 0 Å². The lowest BCUT2D eigenvalue weighted by molar-refractivity contribution is -0.139. The zero-order chi connectivity index (χ0) is 11.5. The summed E-state index contributed by atoms with van der Waals surface area (Å²) in [4.78, 5) is 21.3. The summed E-state index contributed by atoms with van der Waals surface area (Å²) < 4.78 is 0. The molecule has 2 rings (SSSR count). The normalized spacial score (nSPS) is 20.8. The largest absolute Gasteiger partial charge is 0.480 e. The number of aryl methyl sites for hydroxylation is 1. The maximum absolute atomic E-state index is 11.1. The van der Waals surface area contributed by atoms with Gasteiger partial charge in [0.25, 0.3) is 0 Å². The first-order valence-electron chi connectivity index (χ1n) is 5.47. The average molecular weight is 221 g/mol. The number of aromatic nitrogens is 2. The van der Waals surface area contributed by atoms with Gasteiger partial charge in [0.15, 0.2) is 0 Å². The van der Waals surface area contributed by atoms with Crippen LogP contribution in [0, 0.1) is 6.92 Å². The van der Waals surface area contributed by atoms with Crippen LogP contribution in [0.25, 0.3) is 0 Å². The molecule has 5 nitrogen and oxygen atoms in total. The van der Waals surface area contributed by atoms with Crippen molar-refractivity contribution in [2.45, 2.75) is 32.2 Å². The third kappa shape index (κ3) is 2.13. The number of carboxylic acid groups (broad SMARTS) is 1. The van der Waals surface area contributed by atoms with E-state index < -0.39 is 12.0 Å². The van der Waals surface area contributed by atoms with Crippen LogP contribution in [0.2, 0.25) is 0 Å². The summed E-state index contributed by atoms with van der Waals surface area (Å²) in [6.07, 6.45) is 4.30. The van der Waals surface area contributed by atoms with Gasteiger partial charge in [-0.15, -0.1) is 0 Å². The van der Waals surface area contributed by atoms with Crippen molar-refractivity contribution in [3.63, 3.8) is 0 Å². The van der Waals surface area contributed by atoms with Crippen LogP contribution in [-0.4, -0.2) is 33.6 Å². The van der Waals surface area contributed by atoms with Crippen molar-refractivity contribution in [2.75, 3.05) is 11.4 Å². The van der Waals surface area contributed by atoms with E-state index in [4.69, 9.17) is 5.11 Å². The molecule has 1 N–H and O–H groups in total. The number of carboxylic acids is 1. The topological polar surface area (TPSA) is 66.3 Å². The molecule has 0 aliphatic carbocycles. The first kappa shape index (κ1) is 10.9. The van der Waals surface area contributed by atoms with Gasteiger partial charge in [-0.25, -0.2) is 14.8 Å². The molecule has 1 saturated heterocycles. The molecule has 1 aliphatic rings. The Morgan fingerprint density at radius 3 is 3.06 bits per heavy atom. The van der Waals surface area contributed by atoms with E-state index in [-0.39, 0.29) is 0 Å². The second-order valence-electron chi connectivity index (χ2n) is 4.04. The van der Waals surface area contributed by atoms with Gasteiger partial charge in [0.05, 0.1) is 0 Å². The van der Waals surface area contributed by atoms with E-state index in [0.717, 1.165) is 25.1 Å². The SMILES string of the molecule is Cc1ccnc(N2CCCCC2C(=O)O)n1. The summed E-state index contributed by atoms with van der Waals surface area (Å²) in [6, 6.07) is 1.33. The third-order valence-electron chi connectivity index (χ3n) is 2.83. The first-order chi connectivity index (χ1) is 7.68. The monoisotopic (exact) mass is 221 g/mol. The number of hydrogen-bond acceptors (Lipinski definition) is 4. The standard InChI is InChI=1S/C11H15N3O2/c1-8-5-6-12-11(13-8)14-7-3-2-4-9(14)10(15)16/h5-6,9H,2-4,7H2,1H3,(H,15,16). The number of anilines is 1. The van der Waals surface area contributed by atoms with Crippen molar-refractivity contribution in [2.24, 2.45) is 0 Å². The van der Waals surface area contributed by atoms with E-state index in [0.29, 0.717) is 12.4 Å². The van der Waals surface area contributed by atoms with Crippen LogP contribution in [0.3, 0.4) is 0 Å². The molecule has 1 aliphatic heterocycles. The Hall–Kier alpha value is -1.65. The molecule has 0 saturated carbocycles. The Balaban J connectivity index is 2.26. The molecule has 16 heavy (non-hydrogen) atoms. The molecule has 0 spiro atoms. The van der Waals surface area contributed by atoms with E-state index in [1.807, 2.05) is 13.0 Å². The highest BCUT2D eigenvalue weighted by Gasteiger charge is 2.29. The summed E-state index contributed by atoms with van der Waals surface area (Å²) >= 11 is 0. The van der Waals surface area contributed by atoms with Crippen molar-refractivity contribution in [3.8, 4) is 0 Å². The summed E-state index contributed by atoms with van der Waals surface area (Å²) in [5.41, 5.74) is 0.861. The zero-order valence-electron chi connectivity index (χ0n) is 9.26. The summed E-state index contributed by atoms with van der Waals surface area (Å²) in [5.74, 6) is -0.253. The van der Waals surface area contributed by atoms with Gasteiger partial charge in [-0.05, 0) is 32.3 Å². The Labute approximate surface area is 94.1 Å². The van der Waals surface area contributed by atoms with Crippen molar-refractivity contribution in [1.82, 2.24) is 9.97 Å². The van der Waals surface area contributed by atoms with Gasteiger partial charge in [0.1, 0.15) is 6.04 Å². The van der Waals surface area contributed by atoms with Gasteiger partial charge in [-0.1, -0.05) is 0 Å². The van der Waals surface area contributed by atoms with Crippen LogP contribution >= 0.6 is 0 Å². The predicted octanol–water partition coefficient (Wildman–Crippen LogP) is 1.23. The van der Waals surface area contributed by atoms with Crippen LogP contribution in [0.5, 0.6) is 0 Å². The van der Waals surface area contributed by atoms with Crippen molar-refractivity contribution < 1.29 is 9.90 Å². The molecule has 5 heteroatoms. The highest BCUT2D eigenvalue weighted by molar-refractivity contribution is 5.77. The minimum atomic E-state index is -0.787. The number of aliphatic carboxylic acids is 1. The lowest BCUT2D eigenvalue weighted by atomic mass is 10.0. The van der Waals surface area contributed by atoms with Crippen molar-refractivity contribution >= 4 is 11.9 Å². The summed E-state index contributed by atoms with van der Waals surface area (Å²) in [7, 11) is 0. The van der Waals surface area contributed by atoms with Gasteiger partial charge in [0, 0.05) is 18.4 Å². The molecule has 1 atom stereocenters. The fourth-order valence-corrected chi connectivity index (χ4v) is 2.00. The summed E-state index contributed by atoms with van der Waals surface area (Å²) in [6.45, 7) is 2.60. The highest BCUT2D eigenvalue weighted by atomic mass is 16.4. The molecule has 86 valence electrons. The second kappa shape index (κ2) is 4.47. The molecule has 2 heterocycles. The zero-order valence-corrected chi connectivity index (χ0v) is 9.26. The molecule has 1 aromatic rings. The Morgan fingerprint density at radius 1 is 1.56 bits per heavy atom. The predicted molar refractivity (Wildman–Crippen MR) is 59.4 cm³/mol. The van der Waals surface area contributed by atoms with Crippen LogP contribution in [-0.2, 0) is 4.79 Å². The smallest absolute Gasteiger partial charge is 0.326 e. The number of rotatable bonds is 2. The van der Waals surface area contributed by atoms with Crippen molar-refractivity contribution in [3.05, 3.63) is 18.0 Å². The first-order valence-corrected chi connectivity index (χ1v) is 5.47. The van der Waals surface area contributed by atoms with Gasteiger partial charge in [0.2, 0.25) is 5.95 Å². The van der Waals surface area contributed by atoms with Crippen LogP contribution in [0.15, 0.2) is 12.3 Å². The fraction of sp³-hybridized carbons (Fsp3) is 0.545. The number of nitrogens with zero attached hydrogens (tertiary/aromatic N) is 3. The maximum Gasteiger partial charge on any atom is 0.326 e. The Bertz CT molecular complexity index is 395. The van der Waals surface area contributed by atoms with Crippen LogP contribution in [0.4, 0.5) is 5.95 Å². The summed E-state index contributed by atoms with van der Waals surface area (Å²) in [5, 5.41) is 9.14. The molecule has 1 unspecified atom stereocenters. The maximum atomic E-state index is 11.1. The van der Waals surface area contributed by atoms with E-state index >= 15 is 0 Å². The van der Waals surface area contributed by atoms with Crippen molar-refractivity contribution in [1.29, 1.82) is 0 Å². The number of hydrogen-bond donors (Lipinski definition) is 1. The minimum Gasteiger partial charge on any atom is -0.480 e. The number of piperidine rings is 1. The quantitative estimate of drug-likeness (QED) is 0.813. The molecular formula is C11H15N3O2. The van der Waals surface area contributed by atoms with E-state index in [9.17, 15) is 4.79 Å². The molecule has 1 fully saturated rings. The van der Waals surface area contributed by atoms with Gasteiger partial charge < -0.3 is 10.0 Å². The van der Waals surface area contributed by atoms with E-state index in [2.05, 4.69) is 9.97 Å². The molecule has 1 aromatic heterocycles. The van der Waals surface area contributed by atoms with Crippen LogP contribution < -0.4 is 4.90 Å². The molecule has 0 aromatic carbocycles. The molecule has 0 radical (unpaired) electrons. The molecule has 0 amide bonds.